The zero-order valence-corrected chi connectivity index (χ0v) is 12.1. The first-order valence-corrected chi connectivity index (χ1v) is 6.94. The number of benzene rings is 2. The number of ketones is 1. The highest BCUT2D eigenvalue weighted by atomic mass is 127. The summed E-state index contributed by atoms with van der Waals surface area (Å²) in [6.45, 7) is 0.429. The minimum atomic E-state index is -0.444. The first-order valence-electron chi connectivity index (χ1n) is 5.86. The van der Waals surface area contributed by atoms with Crippen LogP contribution in [0, 0.1) is 3.57 Å². The monoisotopic (exact) mass is 363 g/mol. The van der Waals surface area contributed by atoms with Gasteiger partial charge in [-0.15, -0.1) is 0 Å². The molecule has 0 radical (unpaired) electrons. The summed E-state index contributed by atoms with van der Waals surface area (Å²) in [6, 6.07) is 15.0. The molecule has 2 aromatic carbocycles. The van der Waals surface area contributed by atoms with E-state index in [2.05, 4.69) is 22.6 Å². The van der Waals surface area contributed by atoms with Crippen LogP contribution >= 0.6 is 22.6 Å². The molecule has 1 aliphatic rings. The number of carbonyl (C=O) groups is 2. The summed E-state index contributed by atoms with van der Waals surface area (Å²) in [6.07, 6.45) is 0. The summed E-state index contributed by atoms with van der Waals surface area (Å²) in [7, 11) is 0. The molecule has 0 saturated heterocycles. The molecule has 0 bridgehead atoms. The van der Waals surface area contributed by atoms with Crippen LogP contribution in [0.5, 0.6) is 0 Å². The number of fused-ring (bicyclic) bond motifs is 1. The van der Waals surface area contributed by atoms with Gasteiger partial charge in [-0.05, 0) is 52.4 Å². The number of carbonyl (C=O) groups excluding carboxylic acids is 2. The number of Topliss-reactive ketones (excluding diaryl/α,β-unsaturated/α-hetero) is 1. The Bertz CT molecular complexity index is 681. The van der Waals surface area contributed by atoms with Crippen molar-refractivity contribution in [3.05, 3.63) is 63.2 Å². The van der Waals surface area contributed by atoms with Crippen molar-refractivity contribution in [1.29, 1.82) is 0 Å². The van der Waals surface area contributed by atoms with Gasteiger partial charge in [0.25, 0.3) is 11.7 Å². The lowest BCUT2D eigenvalue weighted by Crippen LogP contribution is -2.29. The minimum Gasteiger partial charge on any atom is -0.300 e. The van der Waals surface area contributed by atoms with Gasteiger partial charge in [-0.1, -0.05) is 24.3 Å². The standard InChI is InChI=1S/C15H10INO2/c16-11-5-3-4-10(8-11)9-17-13-7-2-1-6-12(13)14(18)15(17)19/h1-8H,9H2. The van der Waals surface area contributed by atoms with Crippen molar-refractivity contribution in [1.82, 2.24) is 0 Å². The molecule has 0 aromatic heterocycles. The summed E-state index contributed by atoms with van der Waals surface area (Å²) >= 11 is 2.23. The maximum Gasteiger partial charge on any atom is 0.299 e. The molecular formula is C15H10INO2. The molecule has 1 amide bonds. The third-order valence-electron chi connectivity index (χ3n) is 3.11. The topological polar surface area (TPSA) is 37.4 Å². The van der Waals surface area contributed by atoms with Gasteiger partial charge in [-0.3, -0.25) is 9.59 Å². The Morgan fingerprint density at radius 1 is 1.00 bits per heavy atom. The van der Waals surface area contributed by atoms with E-state index in [0.717, 1.165) is 9.13 Å². The Kier molecular flexibility index (Phi) is 3.10. The summed E-state index contributed by atoms with van der Waals surface area (Å²) in [4.78, 5) is 25.4. The number of para-hydroxylation sites is 1. The van der Waals surface area contributed by atoms with Crippen LogP contribution in [0.15, 0.2) is 48.5 Å². The second-order valence-corrected chi connectivity index (χ2v) is 5.61. The highest BCUT2D eigenvalue weighted by Gasteiger charge is 2.35. The Morgan fingerprint density at radius 3 is 2.58 bits per heavy atom. The number of halogens is 1. The molecule has 0 spiro atoms. The van der Waals surface area contributed by atoms with E-state index in [1.54, 1.807) is 17.0 Å². The molecule has 1 aliphatic heterocycles. The van der Waals surface area contributed by atoms with E-state index >= 15 is 0 Å². The van der Waals surface area contributed by atoms with Gasteiger partial charge >= 0.3 is 0 Å². The third kappa shape index (κ3) is 2.16. The number of amides is 1. The molecule has 3 nitrogen and oxygen atoms in total. The number of nitrogens with zero attached hydrogens (tertiary/aromatic N) is 1. The molecule has 0 N–H and O–H groups in total. The van der Waals surface area contributed by atoms with Gasteiger partial charge in [0.05, 0.1) is 17.8 Å². The van der Waals surface area contributed by atoms with E-state index in [4.69, 9.17) is 0 Å². The fraction of sp³-hybridized carbons (Fsp3) is 0.0667. The quantitative estimate of drug-likeness (QED) is 0.608. The maximum absolute atomic E-state index is 12.0. The van der Waals surface area contributed by atoms with E-state index < -0.39 is 11.7 Å². The van der Waals surface area contributed by atoms with E-state index in [-0.39, 0.29) is 0 Å². The predicted molar refractivity (Wildman–Crippen MR) is 81.1 cm³/mol. The van der Waals surface area contributed by atoms with Gasteiger partial charge in [0.2, 0.25) is 0 Å². The molecule has 0 fully saturated rings. The molecule has 0 atom stereocenters. The highest BCUT2D eigenvalue weighted by Crippen LogP contribution is 2.29. The number of rotatable bonds is 2. The van der Waals surface area contributed by atoms with Crippen molar-refractivity contribution in [3.8, 4) is 0 Å². The zero-order valence-electron chi connectivity index (χ0n) is 9.97. The lowest BCUT2D eigenvalue weighted by molar-refractivity contribution is -0.114. The summed E-state index contributed by atoms with van der Waals surface area (Å²) in [5, 5.41) is 0. The Balaban J connectivity index is 1.98. The lowest BCUT2D eigenvalue weighted by Gasteiger charge is -2.16. The van der Waals surface area contributed by atoms with Crippen molar-refractivity contribution in [2.75, 3.05) is 4.90 Å². The zero-order chi connectivity index (χ0) is 13.4. The average Bonchev–Trinajstić information content (AvgIpc) is 2.65. The number of hydrogen-bond acceptors (Lipinski definition) is 2. The molecule has 1 heterocycles. The molecule has 0 aliphatic carbocycles. The van der Waals surface area contributed by atoms with Gasteiger partial charge in [-0.25, -0.2) is 0 Å². The number of hydrogen-bond donors (Lipinski definition) is 0. The van der Waals surface area contributed by atoms with Gasteiger partial charge in [0.1, 0.15) is 0 Å². The Morgan fingerprint density at radius 2 is 1.79 bits per heavy atom. The number of anilines is 1. The Hall–Kier alpha value is -1.69. The molecular weight excluding hydrogens is 353 g/mol. The van der Waals surface area contributed by atoms with Crippen LogP contribution in [-0.4, -0.2) is 11.7 Å². The highest BCUT2D eigenvalue weighted by molar-refractivity contribution is 14.1. The van der Waals surface area contributed by atoms with Gasteiger partial charge < -0.3 is 4.90 Å². The van der Waals surface area contributed by atoms with Gasteiger partial charge in [-0.2, -0.15) is 0 Å². The molecule has 19 heavy (non-hydrogen) atoms. The fourth-order valence-electron chi connectivity index (χ4n) is 2.22. The van der Waals surface area contributed by atoms with Crippen LogP contribution in [0.2, 0.25) is 0 Å². The smallest absolute Gasteiger partial charge is 0.299 e. The van der Waals surface area contributed by atoms with Crippen molar-refractivity contribution < 1.29 is 9.59 Å². The van der Waals surface area contributed by atoms with Crippen molar-refractivity contribution in [2.45, 2.75) is 6.54 Å². The summed E-state index contributed by atoms with van der Waals surface area (Å²) in [5.74, 6) is -0.860. The summed E-state index contributed by atoms with van der Waals surface area (Å²) < 4.78 is 1.11. The van der Waals surface area contributed by atoms with Crippen LogP contribution in [0.3, 0.4) is 0 Å². The van der Waals surface area contributed by atoms with E-state index in [1.165, 1.54) is 0 Å². The van der Waals surface area contributed by atoms with E-state index in [9.17, 15) is 9.59 Å². The van der Waals surface area contributed by atoms with E-state index in [1.807, 2.05) is 36.4 Å². The molecule has 3 rings (SSSR count). The largest absolute Gasteiger partial charge is 0.300 e. The first-order chi connectivity index (χ1) is 9.16. The molecule has 0 unspecified atom stereocenters. The normalized spacial score (nSPS) is 13.8. The van der Waals surface area contributed by atoms with Crippen molar-refractivity contribution >= 4 is 40.0 Å². The molecule has 94 valence electrons. The van der Waals surface area contributed by atoms with Crippen molar-refractivity contribution in [2.24, 2.45) is 0 Å². The lowest BCUT2D eigenvalue weighted by atomic mass is 10.1. The van der Waals surface area contributed by atoms with Crippen LogP contribution in [0.25, 0.3) is 0 Å². The maximum atomic E-state index is 12.0. The van der Waals surface area contributed by atoms with Crippen LogP contribution in [-0.2, 0) is 11.3 Å². The average molecular weight is 363 g/mol. The third-order valence-corrected chi connectivity index (χ3v) is 3.78. The van der Waals surface area contributed by atoms with Gasteiger partial charge in [0.15, 0.2) is 0 Å². The van der Waals surface area contributed by atoms with Crippen molar-refractivity contribution in [3.63, 3.8) is 0 Å². The molecule has 0 saturated carbocycles. The van der Waals surface area contributed by atoms with Crippen LogP contribution < -0.4 is 4.90 Å². The summed E-state index contributed by atoms with van der Waals surface area (Å²) in [5.41, 5.74) is 2.22. The Labute approximate surface area is 124 Å². The fourth-order valence-corrected chi connectivity index (χ4v) is 2.83. The first kappa shape index (κ1) is 12.3. The second-order valence-electron chi connectivity index (χ2n) is 4.37. The molecule has 2 aromatic rings. The molecule has 4 heteroatoms. The second kappa shape index (κ2) is 4.77. The SMILES string of the molecule is O=C1C(=O)N(Cc2cccc(I)c2)c2ccccc21. The minimum absolute atomic E-state index is 0.416. The van der Waals surface area contributed by atoms with Crippen LogP contribution in [0.1, 0.15) is 15.9 Å². The van der Waals surface area contributed by atoms with Gasteiger partial charge in [0, 0.05) is 3.57 Å². The predicted octanol–water partition coefficient (Wildman–Crippen LogP) is 3.02. The van der Waals surface area contributed by atoms with Crippen LogP contribution in [0.4, 0.5) is 5.69 Å². The van der Waals surface area contributed by atoms with E-state index in [0.29, 0.717) is 17.8 Å².